The fourth-order valence-electron chi connectivity index (χ4n) is 1.50. The number of nitrogen functional groups attached to an aromatic ring is 1. The fourth-order valence-corrected chi connectivity index (χ4v) is 1.50. The molecule has 0 saturated carbocycles. The Hall–Kier alpha value is -2.21. The van der Waals surface area contributed by atoms with Gasteiger partial charge in [-0.05, 0) is 30.7 Å². The molecule has 0 radical (unpaired) electrons. The molecule has 26 heavy (non-hydrogen) atoms. The van der Waals surface area contributed by atoms with E-state index in [1.807, 2.05) is 0 Å². The summed E-state index contributed by atoms with van der Waals surface area (Å²) >= 11 is 0. The Labute approximate surface area is 138 Å². The van der Waals surface area contributed by atoms with E-state index in [4.69, 9.17) is 5.73 Å². The zero-order chi connectivity index (χ0) is 20.7. The minimum atomic E-state index is -7.36. The van der Waals surface area contributed by atoms with Gasteiger partial charge in [-0.25, -0.2) is 0 Å². The van der Waals surface area contributed by atoms with E-state index in [-0.39, 0.29) is 11.3 Å². The summed E-state index contributed by atoms with van der Waals surface area (Å²) in [7, 11) is 0. The smallest absolute Gasteiger partial charge is 0.430 e. The first-order valence-corrected chi connectivity index (χ1v) is 6.26. The lowest BCUT2D eigenvalue weighted by molar-refractivity contribution is -0.392. The number of allylic oxidation sites excluding steroid dienone is 1. The summed E-state index contributed by atoms with van der Waals surface area (Å²) in [6, 6.07) is -0.504. The number of anilines is 1. The summed E-state index contributed by atoms with van der Waals surface area (Å²) in [5.41, 5.74) is 5.59. The fraction of sp³-hybridized carbons (Fsp3) is 0.385. The van der Waals surface area contributed by atoms with E-state index >= 15 is 0 Å². The number of halogens is 11. The molecule has 0 saturated heterocycles. The summed E-state index contributed by atoms with van der Waals surface area (Å²) in [5, 5.41) is 0. The van der Waals surface area contributed by atoms with E-state index in [0.717, 1.165) is 18.2 Å². The van der Waals surface area contributed by atoms with Crippen LogP contribution in [-0.4, -0.2) is 23.9 Å². The molecule has 0 aliphatic heterocycles. The van der Waals surface area contributed by atoms with Crippen molar-refractivity contribution in [1.82, 2.24) is 0 Å². The van der Waals surface area contributed by atoms with Crippen molar-refractivity contribution in [2.24, 2.45) is 0 Å². The lowest BCUT2D eigenvalue weighted by Crippen LogP contribution is -2.61. The summed E-state index contributed by atoms with van der Waals surface area (Å²) in [6.45, 7) is 1.30. The molecule has 0 fully saturated rings. The molecule has 0 unspecified atom stereocenters. The van der Waals surface area contributed by atoms with Crippen molar-refractivity contribution in [2.75, 3.05) is 5.73 Å². The molecular weight excluding hydrogens is 395 g/mol. The highest BCUT2D eigenvalue weighted by molar-refractivity contribution is 5.49. The van der Waals surface area contributed by atoms with Gasteiger partial charge in [0.15, 0.2) is 0 Å². The molecule has 0 aliphatic carbocycles. The second kappa shape index (κ2) is 6.50. The predicted molar refractivity (Wildman–Crippen MR) is 66.4 cm³/mol. The summed E-state index contributed by atoms with van der Waals surface area (Å²) in [6.07, 6.45) is -7.16. The zero-order valence-corrected chi connectivity index (χ0v) is 12.4. The van der Waals surface area contributed by atoms with Gasteiger partial charge in [0.05, 0.1) is 0 Å². The first-order valence-electron chi connectivity index (χ1n) is 6.26. The minimum absolute atomic E-state index is 0.0869. The van der Waals surface area contributed by atoms with Gasteiger partial charge in [0.2, 0.25) is 5.83 Å². The highest BCUT2D eigenvalue weighted by atomic mass is 19.4. The van der Waals surface area contributed by atoms with Crippen molar-refractivity contribution >= 4 is 5.69 Å². The molecule has 2 N–H and O–H groups in total. The maximum absolute atomic E-state index is 13.3. The van der Waals surface area contributed by atoms with E-state index in [0.29, 0.717) is 0 Å². The molecule has 0 bridgehead atoms. The van der Waals surface area contributed by atoms with Crippen LogP contribution in [0.3, 0.4) is 0 Å². The molecule has 0 amide bonds. The molecule has 1 aromatic carbocycles. The van der Waals surface area contributed by atoms with Crippen molar-refractivity contribution < 1.29 is 53.0 Å². The van der Waals surface area contributed by atoms with E-state index in [1.54, 1.807) is 0 Å². The number of aryl methyl sites for hydroxylation is 1. The van der Waals surface area contributed by atoms with E-state index in [9.17, 15) is 48.3 Å². The Morgan fingerprint density at radius 3 is 1.81 bits per heavy atom. The zero-order valence-electron chi connectivity index (χ0n) is 12.4. The van der Waals surface area contributed by atoms with Gasteiger partial charge in [0.1, 0.15) is 5.75 Å². The van der Waals surface area contributed by atoms with Crippen LogP contribution in [0.1, 0.15) is 5.56 Å². The molecule has 2 nitrogen and oxygen atoms in total. The van der Waals surface area contributed by atoms with Crippen molar-refractivity contribution in [3.05, 3.63) is 35.6 Å². The van der Waals surface area contributed by atoms with Crippen molar-refractivity contribution in [3.8, 4) is 5.75 Å². The topological polar surface area (TPSA) is 35.2 Å². The number of hydrogen-bond acceptors (Lipinski definition) is 2. The van der Waals surface area contributed by atoms with E-state index in [2.05, 4.69) is 4.74 Å². The number of benzene rings is 1. The van der Waals surface area contributed by atoms with Crippen LogP contribution in [-0.2, 0) is 0 Å². The molecule has 0 spiro atoms. The quantitative estimate of drug-likeness (QED) is 0.399. The van der Waals surface area contributed by atoms with Crippen LogP contribution in [0.25, 0.3) is 0 Å². The Bertz CT molecular complexity index is 709. The second-order valence-electron chi connectivity index (χ2n) is 4.93. The van der Waals surface area contributed by atoms with Crippen LogP contribution >= 0.6 is 0 Å². The van der Waals surface area contributed by atoms with Gasteiger partial charge in [-0.1, -0.05) is 0 Å². The van der Waals surface area contributed by atoms with Gasteiger partial charge in [-0.3, -0.25) is 0 Å². The van der Waals surface area contributed by atoms with Crippen LogP contribution < -0.4 is 10.5 Å². The summed E-state index contributed by atoms with van der Waals surface area (Å²) < 4.78 is 144. The molecule has 13 heteroatoms. The lowest BCUT2D eigenvalue weighted by atomic mass is 10.0. The normalized spacial score (nSPS) is 14.9. The maximum atomic E-state index is 13.3. The molecule has 0 aliphatic rings. The van der Waals surface area contributed by atoms with Crippen LogP contribution in [0.2, 0.25) is 0 Å². The highest BCUT2D eigenvalue weighted by Gasteiger charge is 2.83. The third-order valence-electron chi connectivity index (χ3n) is 3.04. The van der Waals surface area contributed by atoms with Gasteiger partial charge in [0, 0.05) is 5.69 Å². The minimum Gasteiger partial charge on any atom is -0.430 e. The van der Waals surface area contributed by atoms with Gasteiger partial charge >= 0.3 is 30.0 Å². The maximum Gasteiger partial charge on any atom is 0.460 e. The first kappa shape index (κ1) is 21.8. The number of hydrogen-bond donors (Lipinski definition) is 1. The van der Waals surface area contributed by atoms with Gasteiger partial charge in [-0.2, -0.15) is 48.3 Å². The Morgan fingerprint density at radius 2 is 1.38 bits per heavy atom. The molecular formula is C13H8F11NO. The third kappa shape index (κ3) is 3.51. The van der Waals surface area contributed by atoms with E-state index in [1.165, 1.54) is 6.92 Å². The number of rotatable bonds is 5. The molecule has 0 aromatic heterocycles. The van der Waals surface area contributed by atoms with Crippen LogP contribution in [0.5, 0.6) is 5.75 Å². The van der Waals surface area contributed by atoms with Crippen LogP contribution in [0.4, 0.5) is 54.0 Å². The molecule has 148 valence electrons. The SMILES string of the molecule is Cc1cc(OC(F)=C(F)C(F)(F)C(F)(F)C(F)(F)C(F)(F)F)ccc1N. The number of nitrogens with two attached hydrogens (primary N) is 1. The third-order valence-corrected chi connectivity index (χ3v) is 3.04. The first-order chi connectivity index (χ1) is 11.5. The van der Waals surface area contributed by atoms with Gasteiger partial charge in [-0.15, -0.1) is 0 Å². The average Bonchev–Trinajstić information content (AvgIpc) is 2.48. The predicted octanol–water partition coefficient (Wildman–Crippen LogP) is 5.53. The summed E-state index contributed by atoms with van der Waals surface area (Å²) in [4.78, 5) is 0. The molecule has 1 rings (SSSR count). The van der Waals surface area contributed by atoms with Gasteiger partial charge in [0.25, 0.3) is 0 Å². The Morgan fingerprint density at radius 1 is 0.885 bits per heavy atom. The van der Waals surface area contributed by atoms with Crippen LogP contribution in [0.15, 0.2) is 30.0 Å². The monoisotopic (exact) mass is 403 g/mol. The summed E-state index contributed by atoms with van der Waals surface area (Å²) in [5.74, 6) is -26.3. The standard InChI is InChI=1S/C13H8F11NO/c1-5-4-6(2-3-7(5)25)26-9(15)8(14)10(16,17)11(18,19)12(20,21)13(22,23)24/h2-4H,25H2,1H3. The molecule has 0 heterocycles. The van der Waals surface area contributed by atoms with E-state index < -0.39 is 41.5 Å². The number of alkyl halides is 9. The highest BCUT2D eigenvalue weighted by Crippen LogP contribution is 2.55. The lowest BCUT2D eigenvalue weighted by Gasteiger charge is -2.32. The van der Waals surface area contributed by atoms with Crippen molar-refractivity contribution in [3.63, 3.8) is 0 Å². The largest absolute Gasteiger partial charge is 0.460 e. The van der Waals surface area contributed by atoms with Crippen molar-refractivity contribution in [1.29, 1.82) is 0 Å². The average molecular weight is 403 g/mol. The van der Waals surface area contributed by atoms with Gasteiger partial charge < -0.3 is 10.5 Å². The second-order valence-corrected chi connectivity index (χ2v) is 4.93. The molecule has 0 atom stereocenters. The van der Waals surface area contributed by atoms with Crippen molar-refractivity contribution in [2.45, 2.75) is 30.9 Å². The Balaban J connectivity index is 3.31. The number of ether oxygens (including phenoxy) is 1. The Kier molecular flexibility index (Phi) is 5.46. The van der Waals surface area contributed by atoms with Crippen LogP contribution in [0, 0.1) is 6.92 Å². The molecule has 1 aromatic rings.